The number of nitrogens with two attached hydrogens (primary N) is 1. The van der Waals surface area contributed by atoms with E-state index in [1.165, 1.54) is 18.9 Å². The molecule has 2 amide bonds. The van der Waals surface area contributed by atoms with Gasteiger partial charge in [-0.25, -0.2) is 0 Å². The van der Waals surface area contributed by atoms with Gasteiger partial charge in [-0.1, -0.05) is 23.7 Å². The van der Waals surface area contributed by atoms with E-state index in [4.69, 9.17) is 22.1 Å². The molecule has 0 aliphatic rings. The number of thioether (sulfide) groups is 1. The van der Waals surface area contributed by atoms with E-state index in [-0.39, 0.29) is 11.7 Å². The number of anilines is 2. The molecule has 0 bridgehead atoms. The number of benzene rings is 2. The van der Waals surface area contributed by atoms with Crippen molar-refractivity contribution in [1.29, 1.82) is 0 Å². The SMILES string of the molecule is COc1ccc(Cl)cc1NC(=O)C(C)Nc1ccccc1SCC(N)=O. The second kappa shape index (κ2) is 9.35. The number of rotatable bonds is 8. The Labute approximate surface area is 161 Å². The van der Waals surface area contributed by atoms with E-state index < -0.39 is 11.9 Å². The smallest absolute Gasteiger partial charge is 0.246 e. The molecule has 0 aromatic heterocycles. The fraction of sp³-hybridized carbons (Fsp3) is 0.222. The number of para-hydroxylation sites is 1. The number of hydrogen-bond donors (Lipinski definition) is 3. The van der Waals surface area contributed by atoms with Crippen molar-refractivity contribution in [1.82, 2.24) is 0 Å². The van der Waals surface area contributed by atoms with E-state index in [1.54, 1.807) is 25.1 Å². The highest BCUT2D eigenvalue weighted by Gasteiger charge is 2.16. The molecule has 2 aromatic rings. The molecule has 6 nitrogen and oxygen atoms in total. The molecule has 4 N–H and O–H groups in total. The minimum Gasteiger partial charge on any atom is -0.495 e. The third-order valence-electron chi connectivity index (χ3n) is 3.44. The highest BCUT2D eigenvalue weighted by atomic mass is 35.5. The van der Waals surface area contributed by atoms with E-state index in [2.05, 4.69) is 10.6 Å². The van der Waals surface area contributed by atoms with Crippen molar-refractivity contribution in [3.8, 4) is 5.75 Å². The molecule has 0 spiro atoms. The molecule has 0 heterocycles. The number of primary amides is 1. The maximum absolute atomic E-state index is 12.5. The standard InChI is InChI=1S/C18H20ClN3O3S/c1-11(18(24)22-14-9-12(19)7-8-15(14)25-2)21-13-5-3-4-6-16(13)26-10-17(20)23/h3-9,11,21H,10H2,1-2H3,(H2,20,23)(H,22,24). The van der Waals surface area contributed by atoms with Gasteiger partial charge >= 0.3 is 0 Å². The molecule has 2 aromatic carbocycles. The first-order valence-electron chi connectivity index (χ1n) is 7.81. The third-order valence-corrected chi connectivity index (χ3v) is 4.77. The van der Waals surface area contributed by atoms with Gasteiger partial charge in [0.05, 0.1) is 18.6 Å². The van der Waals surface area contributed by atoms with Gasteiger partial charge in [-0.2, -0.15) is 0 Å². The minimum absolute atomic E-state index is 0.166. The van der Waals surface area contributed by atoms with E-state index in [0.29, 0.717) is 16.5 Å². The zero-order valence-corrected chi connectivity index (χ0v) is 16.0. The van der Waals surface area contributed by atoms with E-state index >= 15 is 0 Å². The molecular formula is C18H20ClN3O3S. The lowest BCUT2D eigenvalue weighted by atomic mass is 10.2. The molecule has 0 saturated heterocycles. The van der Waals surface area contributed by atoms with Gasteiger partial charge in [-0.3, -0.25) is 9.59 Å². The van der Waals surface area contributed by atoms with E-state index in [1.807, 2.05) is 24.3 Å². The monoisotopic (exact) mass is 393 g/mol. The molecular weight excluding hydrogens is 374 g/mol. The Bertz CT molecular complexity index is 801. The van der Waals surface area contributed by atoms with Crippen LogP contribution in [0.5, 0.6) is 5.75 Å². The fourth-order valence-corrected chi connectivity index (χ4v) is 3.11. The van der Waals surface area contributed by atoms with Crippen LogP contribution < -0.4 is 21.1 Å². The largest absolute Gasteiger partial charge is 0.495 e. The lowest BCUT2D eigenvalue weighted by Gasteiger charge is -2.18. The number of amides is 2. The predicted molar refractivity (Wildman–Crippen MR) is 106 cm³/mol. The average Bonchev–Trinajstić information content (AvgIpc) is 2.61. The lowest BCUT2D eigenvalue weighted by molar-refractivity contribution is -0.117. The van der Waals surface area contributed by atoms with Crippen LogP contribution in [0.1, 0.15) is 6.92 Å². The van der Waals surface area contributed by atoms with E-state index in [9.17, 15) is 9.59 Å². The van der Waals surface area contributed by atoms with Gasteiger partial charge in [0.15, 0.2) is 0 Å². The number of nitrogens with one attached hydrogen (secondary N) is 2. The van der Waals surface area contributed by atoms with Crippen LogP contribution in [0, 0.1) is 0 Å². The van der Waals surface area contributed by atoms with Crippen LogP contribution in [0.3, 0.4) is 0 Å². The Kier molecular flexibility index (Phi) is 7.17. The van der Waals surface area contributed by atoms with E-state index in [0.717, 1.165) is 10.6 Å². The van der Waals surface area contributed by atoms with Crippen molar-refractivity contribution >= 4 is 46.6 Å². The first-order chi connectivity index (χ1) is 12.4. The van der Waals surface area contributed by atoms with Gasteiger partial charge in [0, 0.05) is 15.6 Å². The molecule has 0 aliphatic carbocycles. The molecule has 26 heavy (non-hydrogen) atoms. The highest BCUT2D eigenvalue weighted by molar-refractivity contribution is 8.00. The summed E-state index contributed by atoms with van der Waals surface area (Å²) in [7, 11) is 1.52. The first-order valence-corrected chi connectivity index (χ1v) is 9.18. The number of hydrogen-bond acceptors (Lipinski definition) is 5. The number of halogens is 1. The molecule has 138 valence electrons. The first kappa shape index (κ1) is 19.9. The van der Waals surface area contributed by atoms with Crippen molar-refractivity contribution < 1.29 is 14.3 Å². The van der Waals surface area contributed by atoms with Gasteiger partial charge in [-0.05, 0) is 37.3 Å². The second-order valence-corrected chi connectivity index (χ2v) is 6.90. The molecule has 1 atom stereocenters. The Hall–Kier alpha value is -2.38. The normalized spacial score (nSPS) is 11.5. The fourth-order valence-electron chi connectivity index (χ4n) is 2.18. The summed E-state index contributed by atoms with van der Waals surface area (Å²) >= 11 is 7.30. The maximum Gasteiger partial charge on any atom is 0.246 e. The van der Waals surface area contributed by atoms with Gasteiger partial charge in [0.2, 0.25) is 11.8 Å². The molecule has 1 unspecified atom stereocenters. The summed E-state index contributed by atoms with van der Waals surface area (Å²) in [6.45, 7) is 1.74. The molecule has 0 radical (unpaired) electrons. The van der Waals surface area contributed by atoms with Crippen molar-refractivity contribution in [3.05, 3.63) is 47.5 Å². The molecule has 0 fully saturated rings. The summed E-state index contributed by atoms with van der Waals surface area (Å²) in [6.07, 6.45) is 0. The van der Waals surface area contributed by atoms with Crippen LogP contribution in [0.2, 0.25) is 5.02 Å². The Morgan fingerprint density at radius 3 is 2.65 bits per heavy atom. The number of ether oxygens (including phenoxy) is 1. The number of carbonyl (C=O) groups excluding carboxylic acids is 2. The highest BCUT2D eigenvalue weighted by Crippen LogP contribution is 2.29. The van der Waals surface area contributed by atoms with Gasteiger partial charge < -0.3 is 21.1 Å². The summed E-state index contributed by atoms with van der Waals surface area (Å²) in [6, 6.07) is 11.9. The van der Waals surface area contributed by atoms with Crippen molar-refractivity contribution in [2.24, 2.45) is 5.73 Å². The van der Waals surface area contributed by atoms with Gasteiger partial charge in [-0.15, -0.1) is 11.8 Å². The quantitative estimate of drug-likeness (QED) is 0.598. The summed E-state index contributed by atoms with van der Waals surface area (Å²) < 4.78 is 5.23. The van der Waals surface area contributed by atoms with Crippen molar-refractivity contribution in [2.45, 2.75) is 17.9 Å². The maximum atomic E-state index is 12.5. The summed E-state index contributed by atoms with van der Waals surface area (Å²) in [4.78, 5) is 24.4. The van der Waals surface area contributed by atoms with Crippen molar-refractivity contribution in [3.63, 3.8) is 0 Å². The summed E-state index contributed by atoms with van der Waals surface area (Å²) in [5, 5.41) is 6.44. The summed E-state index contributed by atoms with van der Waals surface area (Å²) in [5.41, 5.74) is 6.44. The van der Waals surface area contributed by atoms with Crippen LogP contribution >= 0.6 is 23.4 Å². The Morgan fingerprint density at radius 2 is 1.96 bits per heavy atom. The summed E-state index contributed by atoms with van der Waals surface area (Å²) in [5.74, 6) is 0.0372. The van der Waals surface area contributed by atoms with Gasteiger partial charge in [0.1, 0.15) is 11.8 Å². The predicted octanol–water partition coefficient (Wildman–Crippen LogP) is 3.37. The average molecular weight is 394 g/mol. The van der Waals surface area contributed by atoms with Crippen molar-refractivity contribution in [2.75, 3.05) is 23.5 Å². The molecule has 0 aliphatic heterocycles. The van der Waals surface area contributed by atoms with Crippen LogP contribution in [0.15, 0.2) is 47.4 Å². The third kappa shape index (κ3) is 5.57. The Balaban J connectivity index is 2.08. The van der Waals surface area contributed by atoms with Crippen LogP contribution in [0.25, 0.3) is 0 Å². The topological polar surface area (TPSA) is 93.4 Å². The molecule has 8 heteroatoms. The number of methoxy groups -OCH3 is 1. The zero-order valence-electron chi connectivity index (χ0n) is 14.4. The van der Waals surface area contributed by atoms with Crippen LogP contribution in [-0.2, 0) is 9.59 Å². The Morgan fingerprint density at radius 1 is 1.23 bits per heavy atom. The molecule has 0 saturated carbocycles. The van der Waals surface area contributed by atoms with Gasteiger partial charge in [0.25, 0.3) is 0 Å². The minimum atomic E-state index is -0.533. The lowest BCUT2D eigenvalue weighted by Crippen LogP contribution is -2.32. The molecule has 2 rings (SSSR count). The van der Waals surface area contributed by atoms with Crippen LogP contribution in [0.4, 0.5) is 11.4 Å². The second-order valence-electron chi connectivity index (χ2n) is 5.45. The van der Waals surface area contributed by atoms with Crippen LogP contribution in [-0.4, -0.2) is 30.7 Å². The zero-order chi connectivity index (χ0) is 19.1. The number of carbonyl (C=O) groups is 2.